The van der Waals surface area contributed by atoms with Gasteiger partial charge < -0.3 is 5.32 Å². The average molecular weight is 390 g/mol. The Labute approximate surface area is 116 Å². The van der Waals surface area contributed by atoms with Gasteiger partial charge in [-0.05, 0) is 47.2 Å². The van der Waals surface area contributed by atoms with Gasteiger partial charge in [-0.2, -0.15) is 0 Å². The van der Waals surface area contributed by atoms with Crippen molar-refractivity contribution in [2.45, 2.75) is 6.92 Å². The maximum Gasteiger partial charge on any atom is 0.227 e. The van der Waals surface area contributed by atoms with Gasteiger partial charge in [0.1, 0.15) is 0 Å². The first-order valence-corrected chi connectivity index (χ1v) is 6.53. The second-order valence-corrected chi connectivity index (χ2v) is 5.36. The zero-order chi connectivity index (χ0) is 11.5. The first-order valence-electron chi connectivity index (χ1n) is 4.66. The van der Waals surface area contributed by atoms with Crippen molar-refractivity contribution in [1.82, 2.24) is 9.97 Å². The molecule has 82 valence electrons. The molecule has 0 aliphatic carbocycles. The van der Waals surface area contributed by atoms with E-state index in [-0.39, 0.29) is 0 Å². The van der Waals surface area contributed by atoms with Crippen molar-refractivity contribution in [2.24, 2.45) is 0 Å². The van der Waals surface area contributed by atoms with E-state index in [0.717, 1.165) is 19.3 Å². The van der Waals surface area contributed by atoms with E-state index in [4.69, 9.17) is 0 Å². The Hall–Kier alpha value is -0.690. The minimum atomic E-state index is 0.613. The molecule has 0 radical (unpaired) electrons. The van der Waals surface area contributed by atoms with Crippen LogP contribution < -0.4 is 5.32 Å². The summed E-state index contributed by atoms with van der Waals surface area (Å²) in [6.07, 6.45) is 3.56. The van der Waals surface area contributed by atoms with Gasteiger partial charge in [0.05, 0.1) is 0 Å². The van der Waals surface area contributed by atoms with Crippen LogP contribution in [0.25, 0.3) is 0 Å². The fourth-order valence-corrected chi connectivity index (χ4v) is 1.88. The molecule has 0 bridgehead atoms. The molecule has 0 aliphatic heterocycles. The molecule has 16 heavy (non-hydrogen) atoms. The highest BCUT2D eigenvalue weighted by Crippen LogP contribution is 2.25. The predicted octanol–water partition coefficient (Wildman–Crippen LogP) is 3.90. The van der Waals surface area contributed by atoms with Crippen LogP contribution in [0.1, 0.15) is 5.56 Å². The van der Waals surface area contributed by atoms with Crippen molar-refractivity contribution in [3.63, 3.8) is 0 Å². The van der Waals surface area contributed by atoms with Crippen LogP contribution in [0.15, 0.2) is 35.1 Å². The van der Waals surface area contributed by atoms with Crippen LogP contribution in [0.5, 0.6) is 0 Å². The van der Waals surface area contributed by atoms with Crippen LogP contribution in [0.4, 0.5) is 11.6 Å². The molecule has 1 aromatic heterocycles. The summed E-state index contributed by atoms with van der Waals surface area (Å²) in [5.74, 6) is 0.613. The van der Waals surface area contributed by atoms with Gasteiger partial charge >= 0.3 is 0 Å². The summed E-state index contributed by atoms with van der Waals surface area (Å²) in [6.45, 7) is 2.04. The average Bonchev–Trinajstić information content (AvgIpc) is 2.28. The Morgan fingerprint density at radius 1 is 1.25 bits per heavy atom. The Balaban J connectivity index is 2.27. The first kappa shape index (κ1) is 11.8. The number of hydrogen-bond acceptors (Lipinski definition) is 3. The third kappa shape index (κ3) is 2.70. The van der Waals surface area contributed by atoms with Crippen LogP contribution in [-0.2, 0) is 0 Å². The number of anilines is 2. The van der Waals surface area contributed by atoms with Crippen molar-refractivity contribution in [2.75, 3.05) is 5.32 Å². The molecule has 0 atom stereocenters. The zero-order valence-electron chi connectivity index (χ0n) is 8.54. The maximum atomic E-state index is 4.20. The van der Waals surface area contributed by atoms with Crippen LogP contribution in [0, 0.1) is 10.5 Å². The minimum Gasteiger partial charge on any atom is -0.324 e. The number of rotatable bonds is 2. The lowest BCUT2D eigenvalue weighted by Crippen LogP contribution is -1.98. The largest absolute Gasteiger partial charge is 0.324 e. The summed E-state index contributed by atoms with van der Waals surface area (Å²) < 4.78 is 2.09. The molecule has 0 saturated carbocycles. The van der Waals surface area contributed by atoms with Gasteiger partial charge in [0.2, 0.25) is 5.95 Å². The molecule has 5 heteroatoms. The highest BCUT2D eigenvalue weighted by Gasteiger charge is 2.03. The molecule has 2 aromatic rings. The molecular formula is C11H9BrIN3. The topological polar surface area (TPSA) is 37.8 Å². The van der Waals surface area contributed by atoms with Crippen molar-refractivity contribution in [1.29, 1.82) is 0 Å². The fourth-order valence-electron chi connectivity index (χ4n) is 1.24. The van der Waals surface area contributed by atoms with Crippen molar-refractivity contribution in [3.8, 4) is 0 Å². The van der Waals surface area contributed by atoms with Crippen molar-refractivity contribution < 1.29 is 0 Å². The summed E-state index contributed by atoms with van der Waals surface area (Å²) in [5.41, 5.74) is 2.15. The summed E-state index contributed by atoms with van der Waals surface area (Å²) in [4.78, 5) is 8.40. The zero-order valence-corrected chi connectivity index (χ0v) is 12.3. The second kappa shape index (κ2) is 5.09. The maximum absolute atomic E-state index is 4.20. The molecule has 0 saturated heterocycles. The summed E-state index contributed by atoms with van der Waals surface area (Å²) >= 11 is 5.67. The third-order valence-electron chi connectivity index (χ3n) is 2.13. The van der Waals surface area contributed by atoms with E-state index in [1.54, 1.807) is 12.4 Å². The Bertz CT molecular complexity index is 499. The fraction of sp³-hybridized carbons (Fsp3) is 0.0909. The second-order valence-electron chi connectivity index (χ2n) is 3.26. The normalized spacial score (nSPS) is 10.2. The summed E-state index contributed by atoms with van der Waals surface area (Å²) in [6, 6.07) is 5.99. The van der Waals surface area contributed by atoms with E-state index in [1.807, 2.05) is 25.1 Å². The van der Waals surface area contributed by atoms with Crippen LogP contribution >= 0.6 is 38.5 Å². The molecule has 2 rings (SSSR count). The predicted molar refractivity (Wildman–Crippen MR) is 76.9 cm³/mol. The van der Waals surface area contributed by atoms with Gasteiger partial charge in [0.25, 0.3) is 0 Å². The molecule has 0 aliphatic rings. The molecule has 0 unspecified atom stereocenters. The molecule has 0 spiro atoms. The highest BCUT2D eigenvalue weighted by molar-refractivity contribution is 14.1. The smallest absolute Gasteiger partial charge is 0.227 e. The minimum absolute atomic E-state index is 0.613. The van der Waals surface area contributed by atoms with Crippen LogP contribution in [0.3, 0.4) is 0 Å². The molecule has 0 fully saturated rings. The third-order valence-corrected chi connectivity index (χ3v) is 3.55. The molecular weight excluding hydrogens is 381 g/mol. The van der Waals surface area contributed by atoms with Gasteiger partial charge in [-0.15, -0.1) is 0 Å². The quantitative estimate of drug-likeness (QED) is 0.791. The van der Waals surface area contributed by atoms with E-state index in [0.29, 0.717) is 5.95 Å². The number of nitrogens with one attached hydrogen (secondary N) is 1. The van der Waals surface area contributed by atoms with E-state index >= 15 is 0 Å². The Kier molecular flexibility index (Phi) is 3.75. The van der Waals surface area contributed by atoms with Gasteiger partial charge in [-0.3, -0.25) is 0 Å². The lowest BCUT2D eigenvalue weighted by molar-refractivity contribution is 1.15. The molecule has 3 nitrogen and oxygen atoms in total. The molecule has 1 N–H and O–H groups in total. The van der Waals surface area contributed by atoms with E-state index in [1.165, 1.54) is 0 Å². The van der Waals surface area contributed by atoms with Gasteiger partial charge in [0, 0.05) is 26.1 Å². The molecule has 1 aromatic carbocycles. The Morgan fingerprint density at radius 2 is 1.94 bits per heavy atom. The number of aromatic nitrogens is 2. The van der Waals surface area contributed by atoms with Gasteiger partial charge in [0.15, 0.2) is 0 Å². The van der Waals surface area contributed by atoms with Crippen LogP contribution in [0.2, 0.25) is 0 Å². The lowest BCUT2D eigenvalue weighted by Gasteiger charge is -2.08. The number of nitrogens with zero attached hydrogens (tertiary/aromatic N) is 2. The van der Waals surface area contributed by atoms with E-state index in [9.17, 15) is 0 Å². The molecule has 1 heterocycles. The monoisotopic (exact) mass is 389 g/mol. The van der Waals surface area contributed by atoms with Crippen molar-refractivity contribution in [3.05, 3.63) is 44.2 Å². The number of halogens is 2. The van der Waals surface area contributed by atoms with E-state index in [2.05, 4.69) is 53.8 Å². The lowest BCUT2D eigenvalue weighted by atomic mass is 10.2. The number of hydrogen-bond donors (Lipinski definition) is 1. The van der Waals surface area contributed by atoms with Gasteiger partial charge in [-0.25, -0.2) is 9.97 Å². The summed E-state index contributed by atoms with van der Waals surface area (Å²) in [7, 11) is 0. The standard InChI is InChI=1S/C11H9BrIN3/c1-7-9(12)3-2-4-10(7)16-11-14-5-8(13)6-15-11/h2-6H,1H3,(H,14,15,16). The first-order chi connectivity index (χ1) is 7.66. The van der Waals surface area contributed by atoms with E-state index < -0.39 is 0 Å². The summed E-state index contributed by atoms with van der Waals surface area (Å²) in [5, 5.41) is 3.18. The molecule has 0 amide bonds. The van der Waals surface area contributed by atoms with Crippen LogP contribution in [-0.4, -0.2) is 9.97 Å². The van der Waals surface area contributed by atoms with Gasteiger partial charge in [-0.1, -0.05) is 22.0 Å². The SMILES string of the molecule is Cc1c(Br)cccc1Nc1ncc(I)cn1. The number of benzene rings is 1. The highest BCUT2D eigenvalue weighted by atomic mass is 127. The Morgan fingerprint density at radius 3 is 2.62 bits per heavy atom. The van der Waals surface area contributed by atoms with Crippen molar-refractivity contribution >= 4 is 50.2 Å².